The van der Waals surface area contributed by atoms with E-state index in [-0.39, 0.29) is 5.91 Å². The second-order valence-electron chi connectivity index (χ2n) is 6.37. The van der Waals surface area contributed by atoms with Gasteiger partial charge in [-0.3, -0.25) is 4.79 Å². The highest BCUT2D eigenvalue weighted by molar-refractivity contribution is 5.94. The first-order valence-corrected chi connectivity index (χ1v) is 9.69. The maximum absolute atomic E-state index is 11.8. The number of hydrogen-bond acceptors (Lipinski definition) is 3. The molecule has 1 fully saturated rings. The normalized spacial score (nSPS) is 15.8. The molecule has 0 unspecified atom stereocenters. The second kappa shape index (κ2) is 10.8. The van der Waals surface area contributed by atoms with Crippen molar-refractivity contribution in [2.45, 2.75) is 46.3 Å². The molecule has 0 aromatic heterocycles. The van der Waals surface area contributed by atoms with E-state index in [0.29, 0.717) is 24.8 Å². The van der Waals surface area contributed by atoms with Gasteiger partial charge in [0.1, 0.15) is 0 Å². The zero-order valence-corrected chi connectivity index (χ0v) is 16.3. The quantitative estimate of drug-likeness (QED) is 0.579. The summed E-state index contributed by atoms with van der Waals surface area (Å²) < 4.78 is 5.73. The molecule has 1 heterocycles. The van der Waals surface area contributed by atoms with Gasteiger partial charge in [0, 0.05) is 38.3 Å². The Labute approximate surface area is 157 Å². The van der Waals surface area contributed by atoms with Gasteiger partial charge in [0.05, 0.1) is 12.6 Å². The number of aliphatic imine (C=N–C) groups is 1. The molecular formula is C20H32N4O2. The number of piperidine rings is 1. The fourth-order valence-corrected chi connectivity index (χ4v) is 3.09. The van der Waals surface area contributed by atoms with Crippen molar-refractivity contribution in [1.29, 1.82) is 0 Å². The molecule has 6 heteroatoms. The van der Waals surface area contributed by atoms with E-state index in [0.717, 1.165) is 50.6 Å². The first-order valence-electron chi connectivity index (χ1n) is 9.69. The van der Waals surface area contributed by atoms with Crippen LogP contribution in [-0.2, 0) is 11.3 Å². The second-order valence-corrected chi connectivity index (χ2v) is 6.37. The van der Waals surface area contributed by atoms with Crippen molar-refractivity contribution in [2.24, 2.45) is 4.99 Å². The maximum atomic E-state index is 11.8. The lowest BCUT2D eigenvalue weighted by Crippen LogP contribution is -2.47. The highest BCUT2D eigenvalue weighted by Crippen LogP contribution is 2.14. The van der Waals surface area contributed by atoms with Crippen LogP contribution in [0.1, 0.15) is 49.5 Å². The lowest BCUT2D eigenvalue weighted by Gasteiger charge is -2.34. The van der Waals surface area contributed by atoms with Crippen molar-refractivity contribution in [2.75, 3.05) is 32.8 Å². The SMILES string of the molecule is CCNC(=O)c1ccc(CN=C(NCC)N2CCC(OCC)CC2)cc1. The summed E-state index contributed by atoms with van der Waals surface area (Å²) in [6.45, 7) is 10.9. The van der Waals surface area contributed by atoms with E-state index < -0.39 is 0 Å². The maximum Gasteiger partial charge on any atom is 0.251 e. The van der Waals surface area contributed by atoms with Crippen molar-refractivity contribution in [3.63, 3.8) is 0 Å². The lowest BCUT2D eigenvalue weighted by atomic mass is 10.1. The predicted molar refractivity (Wildman–Crippen MR) is 105 cm³/mol. The van der Waals surface area contributed by atoms with Crippen LogP contribution in [0.4, 0.5) is 0 Å². The first-order chi connectivity index (χ1) is 12.7. The van der Waals surface area contributed by atoms with Crippen molar-refractivity contribution >= 4 is 11.9 Å². The van der Waals surface area contributed by atoms with Crippen LogP contribution in [0, 0.1) is 0 Å². The molecule has 2 N–H and O–H groups in total. The Morgan fingerprint density at radius 2 is 1.77 bits per heavy atom. The van der Waals surface area contributed by atoms with Crippen molar-refractivity contribution in [3.05, 3.63) is 35.4 Å². The number of likely N-dealkylation sites (tertiary alicyclic amines) is 1. The molecule has 0 atom stereocenters. The molecule has 0 spiro atoms. The van der Waals surface area contributed by atoms with Crippen molar-refractivity contribution in [1.82, 2.24) is 15.5 Å². The van der Waals surface area contributed by atoms with Gasteiger partial charge in [-0.05, 0) is 51.3 Å². The van der Waals surface area contributed by atoms with Gasteiger partial charge in [-0.25, -0.2) is 4.99 Å². The molecule has 1 aliphatic rings. The number of benzene rings is 1. The molecule has 26 heavy (non-hydrogen) atoms. The third-order valence-electron chi connectivity index (χ3n) is 4.44. The van der Waals surface area contributed by atoms with E-state index in [4.69, 9.17) is 9.73 Å². The van der Waals surface area contributed by atoms with E-state index in [2.05, 4.69) is 29.4 Å². The molecule has 6 nitrogen and oxygen atoms in total. The Morgan fingerprint density at radius 3 is 2.35 bits per heavy atom. The first kappa shape index (κ1) is 20.2. The highest BCUT2D eigenvalue weighted by Gasteiger charge is 2.21. The minimum atomic E-state index is -0.0342. The number of carbonyl (C=O) groups excluding carboxylic acids is 1. The van der Waals surface area contributed by atoms with Crippen LogP contribution in [0.25, 0.3) is 0 Å². The van der Waals surface area contributed by atoms with Gasteiger partial charge in [0.2, 0.25) is 0 Å². The van der Waals surface area contributed by atoms with E-state index in [9.17, 15) is 4.79 Å². The number of nitrogens with zero attached hydrogens (tertiary/aromatic N) is 2. The van der Waals surface area contributed by atoms with E-state index in [1.807, 2.05) is 31.2 Å². The highest BCUT2D eigenvalue weighted by atomic mass is 16.5. The summed E-state index contributed by atoms with van der Waals surface area (Å²) in [5.41, 5.74) is 1.78. The summed E-state index contributed by atoms with van der Waals surface area (Å²) in [4.78, 5) is 18.9. The molecule has 1 aromatic carbocycles. The largest absolute Gasteiger partial charge is 0.378 e. The molecule has 1 aliphatic heterocycles. The Morgan fingerprint density at radius 1 is 1.12 bits per heavy atom. The molecule has 0 bridgehead atoms. The summed E-state index contributed by atoms with van der Waals surface area (Å²) in [5, 5.41) is 6.20. The summed E-state index contributed by atoms with van der Waals surface area (Å²) in [6, 6.07) is 7.66. The Hall–Kier alpha value is -2.08. The van der Waals surface area contributed by atoms with Gasteiger partial charge in [0.15, 0.2) is 5.96 Å². The van der Waals surface area contributed by atoms with Gasteiger partial charge in [-0.1, -0.05) is 12.1 Å². The van der Waals surface area contributed by atoms with Crippen LogP contribution < -0.4 is 10.6 Å². The monoisotopic (exact) mass is 360 g/mol. The molecule has 2 rings (SSSR count). The molecular weight excluding hydrogens is 328 g/mol. The van der Waals surface area contributed by atoms with Crippen LogP contribution in [0.3, 0.4) is 0 Å². The zero-order valence-electron chi connectivity index (χ0n) is 16.3. The third kappa shape index (κ3) is 6.02. The zero-order chi connectivity index (χ0) is 18.8. The van der Waals surface area contributed by atoms with E-state index in [1.165, 1.54) is 0 Å². The number of nitrogens with one attached hydrogen (secondary N) is 2. The molecule has 0 radical (unpaired) electrons. The summed E-state index contributed by atoms with van der Waals surface area (Å²) in [5.74, 6) is 0.920. The predicted octanol–water partition coefficient (Wildman–Crippen LogP) is 2.40. The average Bonchev–Trinajstić information content (AvgIpc) is 2.67. The fraction of sp³-hybridized carbons (Fsp3) is 0.600. The number of amides is 1. The Bertz CT molecular complexity index is 578. The Balaban J connectivity index is 1.95. The standard InChI is InChI=1S/C20H32N4O2/c1-4-21-19(25)17-9-7-16(8-10-17)15-23-20(22-5-2)24-13-11-18(12-14-24)26-6-3/h7-10,18H,4-6,11-15H2,1-3H3,(H,21,25)(H,22,23). The van der Waals surface area contributed by atoms with Crippen molar-refractivity contribution in [3.8, 4) is 0 Å². The molecule has 144 valence electrons. The molecule has 0 aliphatic carbocycles. The lowest BCUT2D eigenvalue weighted by molar-refractivity contribution is 0.0263. The Kier molecular flexibility index (Phi) is 8.41. The third-order valence-corrected chi connectivity index (χ3v) is 4.44. The summed E-state index contributed by atoms with van der Waals surface area (Å²) >= 11 is 0. The number of ether oxygens (including phenoxy) is 1. The minimum absolute atomic E-state index is 0.0342. The summed E-state index contributed by atoms with van der Waals surface area (Å²) in [7, 11) is 0. The van der Waals surface area contributed by atoms with E-state index >= 15 is 0 Å². The number of carbonyl (C=O) groups is 1. The van der Waals surface area contributed by atoms with Crippen LogP contribution in [0.15, 0.2) is 29.3 Å². The van der Waals surface area contributed by atoms with Crippen LogP contribution >= 0.6 is 0 Å². The smallest absolute Gasteiger partial charge is 0.251 e. The fourth-order valence-electron chi connectivity index (χ4n) is 3.09. The van der Waals surface area contributed by atoms with Gasteiger partial charge in [-0.15, -0.1) is 0 Å². The van der Waals surface area contributed by atoms with Crippen molar-refractivity contribution < 1.29 is 9.53 Å². The number of rotatable bonds is 7. The summed E-state index contributed by atoms with van der Waals surface area (Å²) in [6.07, 6.45) is 2.46. The van der Waals surface area contributed by atoms with Gasteiger partial charge in [-0.2, -0.15) is 0 Å². The van der Waals surface area contributed by atoms with Gasteiger partial charge >= 0.3 is 0 Å². The number of guanidine groups is 1. The van der Waals surface area contributed by atoms with Crippen LogP contribution in [-0.4, -0.2) is 55.7 Å². The molecule has 1 saturated heterocycles. The molecule has 1 aromatic rings. The van der Waals surface area contributed by atoms with E-state index in [1.54, 1.807) is 0 Å². The topological polar surface area (TPSA) is 66.0 Å². The van der Waals surface area contributed by atoms with Crippen LogP contribution in [0.5, 0.6) is 0 Å². The minimum Gasteiger partial charge on any atom is -0.378 e. The average molecular weight is 361 g/mol. The van der Waals surface area contributed by atoms with Gasteiger partial charge in [0.25, 0.3) is 5.91 Å². The van der Waals surface area contributed by atoms with Crippen LogP contribution in [0.2, 0.25) is 0 Å². The van der Waals surface area contributed by atoms with Gasteiger partial charge < -0.3 is 20.3 Å². The molecule has 0 saturated carbocycles. The molecule has 1 amide bonds. The number of hydrogen-bond donors (Lipinski definition) is 2.